The molecule has 8 heteroatoms. The Labute approximate surface area is 141 Å². The fourth-order valence-corrected chi connectivity index (χ4v) is 2.47. The molecule has 1 amide bonds. The Hall–Kier alpha value is -2.90. The number of benzene rings is 1. The highest BCUT2D eigenvalue weighted by Crippen LogP contribution is 2.30. The van der Waals surface area contributed by atoms with Gasteiger partial charge in [0.1, 0.15) is 5.69 Å². The molecule has 130 valence electrons. The zero-order chi connectivity index (χ0) is 18.4. The van der Waals surface area contributed by atoms with E-state index in [1.54, 1.807) is 6.07 Å². The lowest BCUT2D eigenvalue weighted by Crippen LogP contribution is -2.16. The maximum absolute atomic E-state index is 13.2. The summed E-state index contributed by atoms with van der Waals surface area (Å²) in [6, 6.07) is 7.67. The summed E-state index contributed by atoms with van der Waals surface area (Å²) in [5.74, 6) is -0.593. The molecule has 1 N–H and O–H groups in total. The van der Waals surface area contributed by atoms with Gasteiger partial charge in [0.2, 0.25) is 0 Å². The molecule has 3 aromatic rings. The number of nitrogens with zero attached hydrogens (tertiary/aromatic N) is 3. The summed E-state index contributed by atoms with van der Waals surface area (Å²) in [6.45, 7) is 5.16. The minimum absolute atomic E-state index is 0.0292. The molecule has 2 heterocycles. The van der Waals surface area contributed by atoms with Crippen LogP contribution in [0, 0.1) is 20.8 Å². The number of hydrogen-bond acceptors (Lipinski definition) is 3. The van der Waals surface area contributed by atoms with Crippen LogP contribution in [0.1, 0.15) is 33.0 Å². The fraction of sp³-hybridized carbons (Fsp3) is 0.235. The summed E-state index contributed by atoms with van der Waals surface area (Å²) in [7, 11) is 0. The first-order valence-electron chi connectivity index (χ1n) is 7.48. The molecule has 0 saturated heterocycles. The number of carbonyl (C=O) groups excluding carboxylic acids is 1. The molecule has 0 aliphatic heterocycles. The normalized spacial score (nSPS) is 11.8. The van der Waals surface area contributed by atoms with Crippen molar-refractivity contribution in [1.82, 2.24) is 14.6 Å². The van der Waals surface area contributed by atoms with Gasteiger partial charge in [0.05, 0.1) is 0 Å². The van der Waals surface area contributed by atoms with Gasteiger partial charge >= 0.3 is 6.18 Å². The van der Waals surface area contributed by atoms with Gasteiger partial charge in [-0.2, -0.15) is 18.3 Å². The van der Waals surface area contributed by atoms with Crippen molar-refractivity contribution in [3.8, 4) is 0 Å². The second-order valence-corrected chi connectivity index (χ2v) is 5.85. The molecule has 1 aromatic carbocycles. The standard InChI is InChI=1S/C17H15F3N4O/c1-9-4-5-10(2)12(6-9)22-16(25)13-8-15-21-11(3)7-14(17(18,19)20)24(15)23-13/h4-8H,1-3H3,(H,22,25). The number of carbonyl (C=O) groups is 1. The molecule has 2 aromatic heterocycles. The third-order valence-electron chi connectivity index (χ3n) is 3.72. The van der Waals surface area contributed by atoms with Gasteiger partial charge in [-0.05, 0) is 44.0 Å². The van der Waals surface area contributed by atoms with Crippen molar-refractivity contribution in [3.05, 3.63) is 58.5 Å². The molecule has 0 fully saturated rings. The van der Waals surface area contributed by atoms with Crippen molar-refractivity contribution in [2.24, 2.45) is 0 Å². The first kappa shape index (κ1) is 16.9. The maximum atomic E-state index is 13.2. The average molecular weight is 348 g/mol. The van der Waals surface area contributed by atoms with E-state index in [-0.39, 0.29) is 17.0 Å². The van der Waals surface area contributed by atoms with Crippen LogP contribution in [0.3, 0.4) is 0 Å². The van der Waals surface area contributed by atoms with Gasteiger partial charge in [-0.15, -0.1) is 0 Å². The minimum atomic E-state index is -4.60. The zero-order valence-corrected chi connectivity index (χ0v) is 13.8. The van der Waals surface area contributed by atoms with Gasteiger partial charge in [-0.1, -0.05) is 12.1 Å². The summed E-state index contributed by atoms with van der Waals surface area (Å²) in [5.41, 5.74) is 1.44. The third-order valence-corrected chi connectivity index (χ3v) is 3.72. The van der Waals surface area contributed by atoms with Crippen LogP contribution in [-0.4, -0.2) is 20.5 Å². The van der Waals surface area contributed by atoms with Crippen LogP contribution < -0.4 is 5.32 Å². The number of aromatic nitrogens is 3. The molecule has 5 nitrogen and oxygen atoms in total. The summed E-state index contributed by atoms with van der Waals surface area (Å²) < 4.78 is 40.1. The van der Waals surface area contributed by atoms with E-state index >= 15 is 0 Å². The molecule has 0 aliphatic rings. The van der Waals surface area contributed by atoms with Crippen molar-refractivity contribution in [2.75, 3.05) is 5.32 Å². The van der Waals surface area contributed by atoms with Gasteiger partial charge in [-0.25, -0.2) is 9.50 Å². The summed E-state index contributed by atoms with van der Waals surface area (Å²) in [5, 5.41) is 6.47. The molecule has 3 rings (SSSR count). The molecule has 0 radical (unpaired) electrons. The molecule has 0 saturated carbocycles. The SMILES string of the molecule is Cc1ccc(C)c(NC(=O)c2cc3nc(C)cc(C(F)(F)F)n3n2)c1. The van der Waals surface area contributed by atoms with E-state index in [2.05, 4.69) is 15.4 Å². The Morgan fingerprint density at radius 3 is 2.52 bits per heavy atom. The van der Waals surface area contributed by atoms with E-state index in [0.717, 1.165) is 17.2 Å². The molecule has 25 heavy (non-hydrogen) atoms. The lowest BCUT2D eigenvalue weighted by molar-refractivity contribution is -0.142. The molecule has 0 unspecified atom stereocenters. The zero-order valence-electron chi connectivity index (χ0n) is 13.8. The van der Waals surface area contributed by atoms with Crippen molar-refractivity contribution >= 4 is 17.2 Å². The fourth-order valence-electron chi connectivity index (χ4n) is 2.47. The smallest absolute Gasteiger partial charge is 0.320 e. The van der Waals surface area contributed by atoms with Crippen LogP contribution in [0.2, 0.25) is 0 Å². The maximum Gasteiger partial charge on any atom is 0.433 e. The number of fused-ring (bicyclic) bond motifs is 1. The number of alkyl halides is 3. The second kappa shape index (κ2) is 5.87. The van der Waals surface area contributed by atoms with Crippen molar-refractivity contribution in [1.29, 1.82) is 0 Å². The highest BCUT2D eigenvalue weighted by Gasteiger charge is 2.35. The first-order valence-corrected chi connectivity index (χ1v) is 7.48. The first-order chi connectivity index (χ1) is 11.6. The van der Waals surface area contributed by atoms with Crippen molar-refractivity contribution < 1.29 is 18.0 Å². The van der Waals surface area contributed by atoms with E-state index in [0.29, 0.717) is 10.2 Å². The van der Waals surface area contributed by atoms with Crippen LogP contribution in [0.4, 0.5) is 18.9 Å². The van der Waals surface area contributed by atoms with Crippen molar-refractivity contribution in [3.63, 3.8) is 0 Å². The van der Waals surface area contributed by atoms with Crippen LogP contribution in [0.25, 0.3) is 5.65 Å². The molecule has 0 bridgehead atoms. The number of aryl methyl sites for hydroxylation is 3. The minimum Gasteiger partial charge on any atom is -0.320 e. The average Bonchev–Trinajstić information content (AvgIpc) is 2.92. The van der Waals surface area contributed by atoms with Gasteiger partial charge in [0.15, 0.2) is 11.3 Å². The molecular weight excluding hydrogens is 333 g/mol. The van der Waals surface area contributed by atoms with Gasteiger partial charge in [0, 0.05) is 17.4 Å². The predicted octanol–water partition coefficient (Wildman–Crippen LogP) is 3.93. The molecule has 0 atom stereocenters. The summed E-state index contributed by atoms with van der Waals surface area (Å²) in [6.07, 6.45) is -4.60. The van der Waals surface area contributed by atoms with E-state index in [1.165, 1.54) is 13.0 Å². The number of nitrogens with one attached hydrogen (secondary N) is 1. The lowest BCUT2D eigenvalue weighted by atomic mass is 10.1. The van der Waals surface area contributed by atoms with Crippen LogP contribution >= 0.6 is 0 Å². The topological polar surface area (TPSA) is 59.3 Å². The number of amides is 1. The van der Waals surface area contributed by atoms with E-state index < -0.39 is 17.8 Å². The lowest BCUT2D eigenvalue weighted by Gasteiger charge is -2.09. The highest BCUT2D eigenvalue weighted by atomic mass is 19.4. The Bertz CT molecular complexity index is 976. The Morgan fingerprint density at radius 2 is 1.84 bits per heavy atom. The summed E-state index contributed by atoms with van der Waals surface area (Å²) in [4.78, 5) is 16.4. The third kappa shape index (κ3) is 3.33. The van der Waals surface area contributed by atoms with Crippen LogP contribution in [0.15, 0.2) is 30.3 Å². The van der Waals surface area contributed by atoms with E-state index in [4.69, 9.17) is 0 Å². The van der Waals surface area contributed by atoms with Crippen molar-refractivity contribution in [2.45, 2.75) is 26.9 Å². The summed E-state index contributed by atoms with van der Waals surface area (Å²) >= 11 is 0. The second-order valence-electron chi connectivity index (χ2n) is 5.85. The number of rotatable bonds is 2. The predicted molar refractivity (Wildman–Crippen MR) is 86.6 cm³/mol. The van der Waals surface area contributed by atoms with E-state index in [9.17, 15) is 18.0 Å². The molecule has 0 aliphatic carbocycles. The van der Waals surface area contributed by atoms with Gasteiger partial charge < -0.3 is 5.32 Å². The monoisotopic (exact) mass is 348 g/mol. The molecular formula is C17H15F3N4O. The number of hydrogen-bond donors (Lipinski definition) is 1. The number of halogens is 3. The van der Waals surface area contributed by atoms with Gasteiger partial charge in [-0.3, -0.25) is 4.79 Å². The van der Waals surface area contributed by atoms with Crippen LogP contribution in [0.5, 0.6) is 0 Å². The van der Waals surface area contributed by atoms with Crippen LogP contribution in [-0.2, 0) is 6.18 Å². The number of anilines is 1. The Kier molecular flexibility index (Phi) is 3.98. The quantitative estimate of drug-likeness (QED) is 0.763. The Morgan fingerprint density at radius 1 is 1.12 bits per heavy atom. The Balaban J connectivity index is 2.02. The highest BCUT2D eigenvalue weighted by molar-refractivity contribution is 6.03. The largest absolute Gasteiger partial charge is 0.433 e. The van der Waals surface area contributed by atoms with E-state index in [1.807, 2.05) is 26.0 Å². The molecule has 0 spiro atoms. The van der Waals surface area contributed by atoms with Gasteiger partial charge in [0.25, 0.3) is 5.91 Å².